The number of nitrogens with zero attached hydrogens (tertiary/aromatic N) is 1. The first-order chi connectivity index (χ1) is 18.5. The Balaban J connectivity index is 0.000000605. The number of hydrogen-bond donors (Lipinski definition) is 1. The zero-order valence-electron chi connectivity index (χ0n) is 23.1. The van der Waals surface area contributed by atoms with Crippen LogP contribution in [0.4, 0.5) is 13.2 Å². The van der Waals surface area contributed by atoms with E-state index in [0.29, 0.717) is 17.0 Å². The predicted molar refractivity (Wildman–Crippen MR) is 153 cm³/mol. The maximum atomic E-state index is 13.4. The monoisotopic (exact) mass is 625 g/mol. The lowest BCUT2D eigenvalue weighted by Gasteiger charge is -2.44. The highest BCUT2D eigenvalue weighted by atomic mass is 35.5. The second-order valence-corrected chi connectivity index (χ2v) is 13.1. The third-order valence-corrected chi connectivity index (χ3v) is 8.12. The van der Waals surface area contributed by atoms with Gasteiger partial charge in [-0.2, -0.15) is 13.2 Å². The van der Waals surface area contributed by atoms with Gasteiger partial charge in [-0.05, 0) is 57.0 Å². The van der Waals surface area contributed by atoms with E-state index in [2.05, 4.69) is 0 Å². The maximum Gasteiger partial charge on any atom is 0.391 e. The number of carbonyl (C=O) groups excluding carboxylic acids is 1. The lowest BCUT2D eigenvalue weighted by Crippen LogP contribution is -2.56. The van der Waals surface area contributed by atoms with Gasteiger partial charge in [0, 0.05) is 38.3 Å². The van der Waals surface area contributed by atoms with Gasteiger partial charge in [-0.1, -0.05) is 60.5 Å². The number of rotatable bonds is 6. The average molecular weight is 627 g/mol. The highest BCUT2D eigenvalue weighted by molar-refractivity contribution is 7.86. The first-order valence-corrected chi connectivity index (χ1v) is 14.6. The van der Waals surface area contributed by atoms with E-state index in [1.807, 2.05) is 30.3 Å². The summed E-state index contributed by atoms with van der Waals surface area (Å²) < 4.78 is 57.9. The molecule has 2 aromatic carbocycles. The van der Waals surface area contributed by atoms with E-state index in [1.54, 1.807) is 52.0 Å². The molecule has 1 saturated heterocycles. The van der Waals surface area contributed by atoms with Crippen LogP contribution in [0.1, 0.15) is 59.1 Å². The normalized spacial score (nSPS) is 18.9. The van der Waals surface area contributed by atoms with Crippen molar-refractivity contribution in [2.24, 2.45) is 0 Å². The van der Waals surface area contributed by atoms with Gasteiger partial charge in [0.25, 0.3) is 11.9 Å². The molecule has 2 aromatic rings. The predicted octanol–water partition coefficient (Wildman–Crippen LogP) is 7.32. The Morgan fingerprint density at radius 2 is 1.57 bits per heavy atom. The maximum absolute atomic E-state index is 13.4. The molecule has 40 heavy (non-hydrogen) atoms. The SMILES string of the molecule is CC(=O)O.CC[C@H]1OCC(c2ccc(Cl)cc2)N(C(CS(=O)C(C)(C)C)CC(F)(F)F)C1=O.Clc1ccccc1. The Morgan fingerprint density at radius 3 is 1.98 bits per heavy atom. The standard InChI is InChI=1S/C20H27ClF3NO3S.C6H5Cl.C2H4O2/c1-5-17-18(26)25(16(11-28-17)13-6-8-14(21)9-7-13)15(10-20(22,23)24)12-29(27)19(2,3)4;7-6-4-2-1-3-5-6;1-2(3)4/h6-9,15-17H,5,10-12H2,1-4H3;1-5H;1H3,(H,3,4)/t15?,16?,17-,29?;;/m1../s1. The molecule has 0 bridgehead atoms. The number of ether oxygens (including phenoxy) is 1. The Morgan fingerprint density at radius 1 is 1.07 bits per heavy atom. The van der Waals surface area contributed by atoms with Gasteiger partial charge in [0.15, 0.2) is 0 Å². The van der Waals surface area contributed by atoms with Gasteiger partial charge < -0.3 is 14.7 Å². The molecular formula is C28H36Cl2F3NO5S. The molecule has 1 amide bonds. The molecule has 1 fully saturated rings. The Kier molecular flexibility index (Phi) is 14.7. The molecular weight excluding hydrogens is 590 g/mol. The summed E-state index contributed by atoms with van der Waals surface area (Å²) in [5.41, 5.74) is 0.631. The molecule has 1 aliphatic heterocycles. The van der Waals surface area contributed by atoms with Crippen molar-refractivity contribution in [2.45, 2.75) is 76.6 Å². The molecule has 0 radical (unpaired) electrons. The number of halogens is 5. The minimum atomic E-state index is -4.50. The van der Waals surface area contributed by atoms with Crippen LogP contribution < -0.4 is 0 Å². The van der Waals surface area contributed by atoms with Crippen LogP contribution in [-0.4, -0.2) is 61.5 Å². The number of carbonyl (C=O) groups is 2. The minimum absolute atomic E-state index is 0.0718. The van der Waals surface area contributed by atoms with Crippen LogP contribution in [0.2, 0.25) is 10.0 Å². The molecule has 3 rings (SSSR count). The molecule has 6 nitrogen and oxygen atoms in total. The molecule has 224 valence electrons. The van der Waals surface area contributed by atoms with Gasteiger partial charge in [0.1, 0.15) is 6.10 Å². The summed E-state index contributed by atoms with van der Waals surface area (Å²) >= 11 is 11.5. The molecule has 4 atom stereocenters. The van der Waals surface area contributed by atoms with Gasteiger partial charge in [-0.15, -0.1) is 0 Å². The fourth-order valence-corrected chi connectivity index (χ4v) is 5.09. The number of morpholine rings is 1. The van der Waals surface area contributed by atoms with E-state index in [-0.39, 0.29) is 12.4 Å². The zero-order valence-corrected chi connectivity index (χ0v) is 25.4. The van der Waals surface area contributed by atoms with E-state index in [9.17, 15) is 22.2 Å². The van der Waals surface area contributed by atoms with Crippen LogP contribution in [0.3, 0.4) is 0 Å². The van der Waals surface area contributed by atoms with Crippen molar-refractivity contribution < 1.29 is 36.8 Å². The molecule has 1 heterocycles. The fraction of sp³-hybridized carbons (Fsp3) is 0.500. The topological polar surface area (TPSA) is 83.9 Å². The van der Waals surface area contributed by atoms with E-state index in [4.69, 9.17) is 37.8 Å². The van der Waals surface area contributed by atoms with E-state index < -0.39 is 58.2 Å². The molecule has 12 heteroatoms. The van der Waals surface area contributed by atoms with Crippen molar-refractivity contribution in [3.05, 3.63) is 70.2 Å². The van der Waals surface area contributed by atoms with Crippen molar-refractivity contribution in [1.82, 2.24) is 4.90 Å². The van der Waals surface area contributed by atoms with Crippen molar-refractivity contribution >= 4 is 45.9 Å². The van der Waals surface area contributed by atoms with Crippen LogP contribution >= 0.6 is 23.2 Å². The van der Waals surface area contributed by atoms with Gasteiger partial charge in [-0.3, -0.25) is 13.8 Å². The van der Waals surface area contributed by atoms with Crippen LogP contribution in [0.5, 0.6) is 0 Å². The quantitative estimate of drug-likeness (QED) is 0.364. The van der Waals surface area contributed by atoms with E-state index in [0.717, 1.165) is 11.9 Å². The zero-order chi connectivity index (χ0) is 30.7. The molecule has 0 spiro atoms. The average Bonchev–Trinajstić information content (AvgIpc) is 2.83. The molecule has 0 aliphatic carbocycles. The van der Waals surface area contributed by atoms with Gasteiger partial charge >= 0.3 is 6.18 Å². The molecule has 3 unspecified atom stereocenters. The largest absolute Gasteiger partial charge is 0.481 e. The third-order valence-electron chi connectivity index (χ3n) is 5.57. The summed E-state index contributed by atoms with van der Waals surface area (Å²) in [6, 6.07) is 14.1. The Hall–Kier alpha value is -2.14. The van der Waals surface area contributed by atoms with Gasteiger partial charge in [0.2, 0.25) is 0 Å². The summed E-state index contributed by atoms with van der Waals surface area (Å²) in [6.07, 6.45) is -6.18. The second-order valence-electron chi connectivity index (χ2n) is 9.96. The first kappa shape index (κ1) is 35.9. The van der Waals surface area contributed by atoms with E-state index in [1.165, 1.54) is 4.90 Å². The second kappa shape index (κ2) is 16.3. The third kappa shape index (κ3) is 13.0. The first-order valence-electron chi connectivity index (χ1n) is 12.5. The van der Waals surface area contributed by atoms with Crippen molar-refractivity contribution in [2.75, 3.05) is 12.4 Å². The number of alkyl halides is 3. The number of carboxylic acids is 1. The highest BCUT2D eigenvalue weighted by Gasteiger charge is 2.45. The summed E-state index contributed by atoms with van der Waals surface area (Å²) in [6.45, 7) is 8.03. The molecule has 0 saturated carbocycles. The van der Waals surface area contributed by atoms with Crippen LogP contribution in [-0.2, 0) is 25.1 Å². The molecule has 0 aromatic heterocycles. The minimum Gasteiger partial charge on any atom is -0.481 e. The van der Waals surface area contributed by atoms with E-state index >= 15 is 0 Å². The molecule has 1 N–H and O–H groups in total. The smallest absolute Gasteiger partial charge is 0.391 e. The Labute approximate surface area is 246 Å². The number of aliphatic carboxylic acids is 1. The number of carboxylic acid groups (broad SMARTS) is 1. The van der Waals surface area contributed by atoms with Crippen LogP contribution in [0.15, 0.2) is 54.6 Å². The van der Waals surface area contributed by atoms with Crippen LogP contribution in [0.25, 0.3) is 0 Å². The number of amides is 1. The number of benzene rings is 2. The van der Waals surface area contributed by atoms with Crippen LogP contribution in [0, 0.1) is 0 Å². The summed E-state index contributed by atoms with van der Waals surface area (Å²) in [7, 11) is -1.56. The lowest BCUT2D eigenvalue weighted by atomic mass is 9.99. The molecule has 1 aliphatic rings. The van der Waals surface area contributed by atoms with Crippen molar-refractivity contribution in [3.63, 3.8) is 0 Å². The highest BCUT2D eigenvalue weighted by Crippen LogP contribution is 2.35. The Bertz CT molecular complexity index is 1090. The summed E-state index contributed by atoms with van der Waals surface area (Å²) in [5.74, 6) is -1.59. The van der Waals surface area contributed by atoms with Crippen molar-refractivity contribution in [3.8, 4) is 0 Å². The van der Waals surface area contributed by atoms with Crippen molar-refractivity contribution in [1.29, 1.82) is 0 Å². The summed E-state index contributed by atoms with van der Waals surface area (Å²) in [5, 5.41) is 8.69. The fourth-order valence-electron chi connectivity index (χ4n) is 3.69. The number of hydrogen-bond acceptors (Lipinski definition) is 4. The summed E-state index contributed by atoms with van der Waals surface area (Å²) in [4.78, 5) is 23.3. The van der Waals surface area contributed by atoms with Gasteiger partial charge in [0.05, 0.1) is 25.1 Å². The lowest BCUT2D eigenvalue weighted by molar-refractivity contribution is -0.176. The van der Waals surface area contributed by atoms with Gasteiger partial charge in [-0.25, -0.2) is 0 Å².